The highest BCUT2D eigenvalue weighted by Crippen LogP contribution is 2.12. The van der Waals surface area contributed by atoms with Crippen LogP contribution >= 0.6 is 11.8 Å². The van der Waals surface area contributed by atoms with Gasteiger partial charge in [0.05, 0.1) is 12.2 Å². The van der Waals surface area contributed by atoms with E-state index in [1.54, 1.807) is 11.8 Å². The van der Waals surface area contributed by atoms with Gasteiger partial charge in [-0.2, -0.15) is 0 Å². The Labute approximate surface area is 100 Å². The Hall–Kier alpha value is -1.40. The lowest BCUT2D eigenvalue weighted by atomic mass is 10.2. The topological polar surface area (TPSA) is 37.3 Å². The van der Waals surface area contributed by atoms with E-state index in [1.165, 1.54) is 0 Å². The number of aliphatic carboxylic acids is 1. The normalized spacial score (nSPS) is 11.3. The molecular weight excluding hydrogens is 220 g/mol. The number of benzene rings is 1. The van der Waals surface area contributed by atoms with Gasteiger partial charge in [0.15, 0.2) is 0 Å². The van der Waals surface area contributed by atoms with Gasteiger partial charge in [0, 0.05) is 10.8 Å². The summed E-state index contributed by atoms with van der Waals surface area (Å²) in [6.07, 6.45) is 0.192. The fraction of sp³-hybridized carbons (Fsp3) is 0.308. The summed E-state index contributed by atoms with van der Waals surface area (Å²) in [5, 5.41) is 8.68. The monoisotopic (exact) mass is 234 g/mol. The van der Waals surface area contributed by atoms with Gasteiger partial charge >= 0.3 is 5.97 Å². The number of carboxylic acid groups (broad SMARTS) is 1. The zero-order valence-corrected chi connectivity index (χ0v) is 9.96. The van der Waals surface area contributed by atoms with Crippen molar-refractivity contribution in [2.75, 3.05) is 5.75 Å². The standard InChI is InChI=1S/C13H14O2S/c1-11(10-13(14)15)16-9-5-8-12-6-3-2-4-7-12/h2-4,6-7,11H,9-10H2,1H3,(H,14,15). The molecular formula is C13H14O2S. The molecule has 0 aliphatic heterocycles. The Bertz CT molecular complexity index is 389. The number of hydrogen-bond acceptors (Lipinski definition) is 2. The van der Waals surface area contributed by atoms with Crippen molar-refractivity contribution in [1.29, 1.82) is 0 Å². The van der Waals surface area contributed by atoms with Gasteiger partial charge in [-0.15, -0.1) is 11.8 Å². The number of rotatable bonds is 4. The molecule has 2 nitrogen and oxygen atoms in total. The SMILES string of the molecule is CC(CC(=O)O)SCC#Cc1ccccc1. The van der Waals surface area contributed by atoms with Gasteiger partial charge < -0.3 is 5.11 Å². The van der Waals surface area contributed by atoms with Crippen LogP contribution in [0.1, 0.15) is 18.9 Å². The number of thioether (sulfide) groups is 1. The molecule has 0 fully saturated rings. The van der Waals surface area contributed by atoms with E-state index in [1.807, 2.05) is 37.3 Å². The summed E-state index contributed by atoms with van der Waals surface area (Å²) in [5.41, 5.74) is 0.994. The Morgan fingerprint density at radius 3 is 2.75 bits per heavy atom. The first kappa shape index (κ1) is 12.7. The van der Waals surface area contributed by atoms with Crippen molar-refractivity contribution >= 4 is 17.7 Å². The minimum absolute atomic E-state index is 0.113. The summed E-state index contributed by atoms with van der Waals surface area (Å²) >= 11 is 1.57. The van der Waals surface area contributed by atoms with E-state index < -0.39 is 5.97 Å². The Morgan fingerprint density at radius 2 is 2.12 bits per heavy atom. The minimum Gasteiger partial charge on any atom is -0.481 e. The lowest BCUT2D eigenvalue weighted by Crippen LogP contribution is -2.05. The van der Waals surface area contributed by atoms with Crippen molar-refractivity contribution in [3.05, 3.63) is 35.9 Å². The third-order valence-electron chi connectivity index (χ3n) is 1.91. The fourth-order valence-corrected chi connectivity index (χ4v) is 1.85. The van der Waals surface area contributed by atoms with E-state index in [9.17, 15) is 4.79 Å². The molecule has 1 N–H and O–H groups in total. The first-order valence-electron chi connectivity index (χ1n) is 5.06. The molecule has 0 amide bonds. The highest BCUT2D eigenvalue weighted by Gasteiger charge is 2.06. The van der Waals surface area contributed by atoms with Crippen LogP contribution < -0.4 is 0 Å². The largest absolute Gasteiger partial charge is 0.481 e. The Balaban J connectivity index is 2.31. The summed E-state index contributed by atoms with van der Waals surface area (Å²) in [6, 6.07) is 9.76. The van der Waals surface area contributed by atoms with Crippen molar-refractivity contribution in [2.45, 2.75) is 18.6 Å². The third kappa shape index (κ3) is 5.47. The van der Waals surface area contributed by atoms with Crippen LogP contribution in [0, 0.1) is 11.8 Å². The number of carboxylic acids is 1. The van der Waals surface area contributed by atoms with Gasteiger partial charge in [-0.1, -0.05) is 37.0 Å². The molecule has 0 radical (unpaired) electrons. The summed E-state index contributed by atoms with van der Waals surface area (Å²) in [7, 11) is 0. The Kier molecular flexibility index (Phi) is 5.52. The maximum absolute atomic E-state index is 10.4. The van der Waals surface area contributed by atoms with Crippen molar-refractivity contribution in [3.63, 3.8) is 0 Å². The summed E-state index contributed by atoms with van der Waals surface area (Å²) < 4.78 is 0. The average molecular weight is 234 g/mol. The minimum atomic E-state index is -0.754. The molecule has 84 valence electrons. The zero-order valence-electron chi connectivity index (χ0n) is 9.14. The molecule has 0 saturated carbocycles. The second-order valence-corrected chi connectivity index (χ2v) is 4.81. The van der Waals surface area contributed by atoms with Crippen LogP contribution in [-0.2, 0) is 4.79 Å². The van der Waals surface area contributed by atoms with Gasteiger partial charge in [-0.3, -0.25) is 4.79 Å². The van der Waals surface area contributed by atoms with Crippen molar-refractivity contribution in [3.8, 4) is 11.8 Å². The molecule has 0 spiro atoms. The lowest BCUT2D eigenvalue weighted by molar-refractivity contribution is -0.136. The molecule has 1 atom stereocenters. The zero-order chi connectivity index (χ0) is 11.8. The van der Waals surface area contributed by atoms with Crippen molar-refractivity contribution < 1.29 is 9.90 Å². The maximum Gasteiger partial charge on any atom is 0.304 e. The van der Waals surface area contributed by atoms with E-state index in [4.69, 9.17) is 5.11 Å². The average Bonchev–Trinajstić information content (AvgIpc) is 2.25. The van der Waals surface area contributed by atoms with Gasteiger partial charge in [-0.25, -0.2) is 0 Å². The van der Waals surface area contributed by atoms with Crippen LogP contribution in [0.5, 0.6) is 0 Å². The van der Waals surface area contributed by atoms with Gasteiger partial charge in [0.1, 0.15) is 0 Å². The van der Waals surface area contributed by atoms with Crippen molar-refractivity contribution in [2.24, 2.45) is 0 Å². The van der Waals surface area contributed by atoms with Crippen LogP contribution in [0.25, 0.3) is 0 Å². The molecule has 1 aromatic carbocycles. The van der Waals surface area contributed by atoms with Crippen molar-refractivity contribution in [1.82, 2.24) is 0 Å². The lowest BCUT2D eigenvalue weighted by Gasteiger charge is -2.03. The van der Waals surface area contributed by atoms with Crippen LogP contribution in [0.15, 0.2) is 30.3 Å². The van der Waals surface area contributed by atoms with Crippen LogP contribution in [0.2, 0.25) is 0 Å². The smallest absolute Gasteiger partial charge is 0.304 e. The van der Waals surface area contributed by atoms with E-state index >= 15 is 0 Å². The molecule has 3 heteroatoms. The van der Waals surface area contributed by atoms with E-state index in [0.29, 0.717) is 5.75 Å². The molecule has 0 bridgehead atoms. The molecule has 0 saturated heterocycles. The maximum atomic E-state index is 10.4. The molecule has 16 heavy (non-hydrogen) atoms. The fourth-order valence-electron chi connectivity index (χ4n) is 1.15. The molecule has 1 unspecified atom stereocenters. The molecule has 1 rings (SSSR count). The second kappa shape index (κ2) is 6.97. The molecule has 0 aliphatic rings. The Morgan fingerprint density at radius 1 is 1.44 bits per heavy atom. The van der Waals surface area contributed by atoms with Crippen LogP contribution in [0.4, 0.5) is 0 Å². The van der Waals surface area contributed by atoms with Gasteiger partial charge in [-0.05, 0) is 12.1 Å². The molecule has 0 aliphatic carbocycles. The predicted molar refractivity (Wildman–Crippen MR) is 67.5 cm³/mol. The van der Waals surface area contributed by atoms with Crippen LogP contribution in [0.3, 0.4) is 0 Å². The van der Waals surface area contributed by atoms with Gasteiger partial charge in [0.2, 0.25) is 0 Å². The molecule has 1 aromatic rings. The quantitative estimate of drug-likeness (QED) is 0.814. The summed E-state index contributed by atoms with van der Waals surface area (Å²) in [4.78, 5) is 10.4. The summed E-state index contributed by atoms with van der Waals surface area (Å²) in [5.74, 6) is 5.98. The number of hydrogen-bond donors (Lipinski definition) is 1. The summed E-state index contributed by atoms with van der Waals surface area (Å²) in [6.45, 7) is 1.91. The molecule has 0 aromatic heterocycles. The first-order chi connectivity index (χ1) is 7.68. The second-order valence-electron chi connectivity index (χ2n) is 3.39. The first-order valence-corrected chi connectivity index (χ1v) is 6.10. The molecule has 0 heterocycles. The van der Waals surface area contributed by atoms with E-state index in [2.05, 4.69) is 11.8 Å². The highest BCUT2D eigenvalue weighted by atomic mass is 32.2. The van der Waals surface area contributed by atoms with Gasteiger partial charge in [0.25, 0.3) is 0 Å². The number of carbonyl (C=O) groups is 1. The predicted octanol–water partition coefficient (Wildman–Crippen LogP) is 2.63. The van der Waals surface area contributed by atoms with E-state index in [0.717, 1.165) is 5.56 Å². The van der Waals surface area contributed by atoms with Crippen LogP contribution in [-0.4, -0.2) is 22.1 Å². The third-order valence-corrected chi connectivity index (χ3v) is 2.96. The highest BCUT2D eigenvalue weighted by molar-refractivity contribution is 8.00. The van der Waals surface area contributed by atoms with E-state index in [-0.39, 0.29) is 11.7 Å².